The molecule has 0 saturated heterocycles. The maximum Gasteiger partial charge on any atom is 0.335 e. The molecular formula is C17H18O2. The standard InChI is InChI=1S/C17H18O2/c1-2-6-14-12-16(17(18)19)10-9-15(14)11-13-7-4-3-5-8-13/h3-5,7-10,12H,2,6,11H2,1H3,(H,18,19). The van der Waals surface area contributed by atoms with Crippen LogP contribution in [0.3, 0.4) is 0 Å². The summed E-state index contributed by atoms with van der Waals surface area (Å²) in [7, 11) is 0. The minimum Gasteiger partial charge on any atom is -0.478 e. The van der Waals surface area contributed by atoms with Crippen LogP contribution in [0.1, 0.15) is 40.4 Å². The fraction of sp³-hybridized carbons (Fsp3) is 0.235. The molecule has 0 saturated carbocycles. The van der Waals surface area contributed by atoms with Gasteiger partial charge in [0.05, 0.1) is 5.56 Å². The van der Waals surface area contributed by atoms with Crippen molar-refractivity contribution in [3.05, 3.63) is 70.8 Å². The van der Waals surface area contributed by atoms with Crippen molar-refractivity contribution in [3.63, 3.8) is 0 Å². The van der Waals surface area contributed by atoms with Gasteiger partial charge in [-0.2, -0.15) is 0 Å². The second-order valence-corrected chi connectivity index (χ2v) is 4.70. The van der Waals surface area contributed by atoms with Gasteiger partial charge < -0.3 is 5.11 Å². The van der Waals surface area contributed by atoms with E-state index in [1.165, 1.54) is 11.1 Å². The van der Waals surface area contributed by atoms with Crippen LogP contribution in [0.5, 0.6) is 0 Å². The summed E-state index contributed by atoms with van der Waals surface area (Å²) in [5.74, 6) is -0.858. The summed E-state index contributed by atoms with van der Waals surface area (Å²) in [6.45, 7) is 2.11. The second kappa shape index (κ2) is 6.19. The third-order valence-corrected chi connectivity index (χ3v) is 3.21. The minimum atomic E-state index is -0.858. The molecule has 98 valence electrons. The highest BCUT2D eigenvalue weighted by molar-refractivity contribution is 5.87. The highest BCUT2D eigenvalue weighted by Gasteiger charge is 2.08. The van der Waals surface area contributed by atoms with Gasteiger partial charge in [-0.15, -0.1) is 0 Å². The number of aryl methyl sites for hydroxylation is 1. The quantitative estimate of drug-likeness (QED) is 0.877. The van der Waals surface area contributed by atoms with E-state index in [0.29, 0.717) is 5.56 Å². The number of benzene rings is 2. The number of carbonyl (C=O) groups is 1. The summed E-state index contributed by atoms with van der Waals surface area (Å²) >= 11 is 0. The zero-order valence-corrected chi connectivity index (χ0v) is 11.1. The minimum absolute atomic E-state index is 0.375. The van der Waals surface area contributed by atoms with Gasteiger partial charge in [-0.1, -0.05) is 49.7 Å². The van der Waals surface area contributed by atoms with E-state index in [4.69, 9.17) is 5.11 Å². The normalized spacial score (nSPS) is 10.4. The van der Waals surface area contributed by atoms with Gasteiger partial charge in [-0.25, -0.2) is 4.79 Å². The van der Waals surface area contributed by atoms with E-state index in [1.54, 1.807) is 6.07 Å². The van der Waals surface area contributed by atoms with Crippen molar-refractivity contribution >= 4 is 5.97 Å². The van der Waals surface area contributed by atoms with Crippen LogP contribution in [0.15, 0.2) is 48.5 Å². The van der Waals surface area contributed by atoms with E-state index >= 15 is 0 Å². The molecule has 0 unspecified atom stereocenters. The van der Waals surface area contributed by atoms with Crippen LogP contribution < -0.4 is 0 Å². The summed E-state index contributed by atoms with van der Waals surface area (Å²) in [5.41, 5.74) is 3.99. The molecule has 2 aromatic rings. The van der Waals surface area contributed by atoms with Crippen molar-refractivity contribution in [3.8, 4) is 0 Å². The van der Waals surface area contributed by atoms with E-state index in [0.717, 1.165) is 24.8 Å². The summed E-state index contributed by atoms with van der Waals surface area (Å²) in [6, 6.07) is 15.7. The molecule has 0 atom stereocenters. The molecule has 0 amide bonds. The van der Waals surface area contributed by atoms with Crippen LogP contribution in [0, 0.1) is 0 Å². The van der Waals surface area contributed by atoms with E-state index in [2.05, 4.69) is 19.1 Å². The molecular weight excluding hydrogens is 236 g/mol. The van der Waals surface area contributed by atoms with Crippen molar-refractivity contribution in [1.82, 2.24) is 0 Å². The van der Waals surface area contributed by atoms with Gasteiger partial charge in [-0.3, -0.25) is 0 Å². The van der Waals surface area contributed by atoms with Crippen molar-refractivity contribution in [1.29, 1.82) is 0 Å². The molecule has 0 bridgehead atoms. The zero-order chi connectivity index (χ0) is 13.7. The number of rotatable bonds is 5. The van der Waals surface area contributed by atoms with Crippen LogP contribution in [0.4, 0.5) is 0 Å². The summed E-state index contributed by atoms with van der Waals surface area (Å²) in [6.07, 6.45) is 2.80. The Hall–Kier alpha value is -2.09. The number of aromatic carboxylic acids is 1. The molecule has 0 aliphatic heterocycles. The molecule has 0 aliphatic carbocycles. The van der Waals surface area contributed by atoms with Gasteiger partial charge >= 0.3 is 5.97 Å². The lowest BCUT2D eigenvalue weighted by Gasteiger charge is -2.10. The molecule has 2 aromatic carbocycles. The number of carboxylic acids is 1. The van der Waals surface area contributed by atoms with Crippen molar-refractivity contribution in [2.45, 2.75) is 26.2 Å². The highest BCUT2D eigenvalue weighted by atomic mass is 16.4. The maximum absolute atomic E-state index is 11.0. The van der Waals surface area contributed by atoms with E-state index in [9.17, 15) is 4.79 Å². The van der Waals surface area contributed by atoms with Gasteiger partial charge in [0.15, 0.2) is 0 Å². The Bertz CT molecular complexity index is 559. The van der Waals surface area contributed by atoms with Gasteiger partial charge in [0.2, 0.25) is 0 Å². The van der Waals surface area contributed by atoms with Gasteiger partial charge in [0, 0.05) is 0 Å². The summed E-state index contributed by atoms with van der Waals surface area (Å²) in [5, 5.41) is 9.06. The van der Waals surface area contributed by atoms with E-state index < -0.39 is 5.97 Å². The molecule has 19 heavy (non-hydrogen) atoms. The largest absolute Gasteiger partial charge is 0.478 e. The lowest BCUT2D eigenvalue weighted by atomic mass is 9.95. The molecule has 2 nitrogen and oxygen atoms in total. The summed E-state index contributed by atoms with van der Waals surface area (Å²) < 4.78 is 0. The van der Waals surface area contributed by atoms with E-state index in [-0.39, 0.29) is 0 Å². The first-order valence-corrected chi connectivity index (χ1v) is 6.59. The van der Waals surface area contributed by atoms with Gasteiger partial charge in [-0.05, 0) is 41.7 Å². The van der Waals surface area contributed by atoms with Crippen molar-refractivity contribution in [2.75, 3.05) is 0 Å². The predicted molar refractivity (Wildman–Crippen MR) is 76.6 cm³/mol. The average molecular weight is 254 g/mol. The van der Waals surface area contributed by atoms with Crippen LogP contribution in [-0.2, 0) is 12.8 Å². The Labute approximate surface area is 113 Å². The first-order chi connectivity index (χ1) is 9.20. The molecule has 1 N–H and O–H groups in total. The Kier molecular flexibility index (Phi) is 4.35. The molecule has 0 heterocycles. The Morgan fingerprint density at radius 2 is 1.79 bits per heavy atom. The van der Waals surface area contributed by atoms with Gasteiger partial charge in [0.1, 0.15) is 0 Å². The molecule has 0 spiro atoms. The monoisotopic (exact) mass is 254 g/mol. The fourth-order valence-electron chi connectivity index (χ4n) is 2.25. The van der Waals surface area contributed by atoms with Crippen LogP contribution >= 0.6 is 0 Å². The SMILES string of the molecule is CCCc1cc(C(=O)O)ccc1Cc1ccccc1. The van der Waals surface area contributed by atoms with Crippen LogP contribution in [-0.4, -0.2) is 11.1 Å². The Morgan fingerprint density at radius 3 is 2.42 bits per heavy atom. The Balaban J connectivity index is 2.31. The number of hydrogen-bond acceptors (Lipinski definition) is 1. The fourth-order valence-corrected chi connectivity index (χ4v) is 2.25. The third-order valence-electron chi connectivity index (χ3n) is 3.21. The number of carboxylic acid groups (broad SMARTS) is 1. The first kappa shape index (κ1) is 13.3. The molecule has 2 rings (SSSR count). The van der Waals surface area contributed by atoms with Crippen LogP contribution in [0.2, 0.25) is 0 Å². The maximum atomic E-state index is 11.0. The predicted octanol–water partition coefficient (Wildman–Crippen LogP) is 3.93. The third kappa shape index (κ3) is 3.44. The van der Waals surface area contributed by atoms with E-state index in [1.807, 2.05) is 30.3 Å². The van der Waals surface area contributed by atoms with Crippen molar-refractivity contribution in [2.24, 2.45) is 0 Å². The lowest BCUT2D eigenvalue weighted by Crippen LogP contribution is -2.02. The molecule has 0 aromatic heterocycles. The summed E-state index contributed by atoms with van der Waals surface area (Å²) in [4.78, 5) is 11.0. The molecule has 2 heteroatoms. The van der Waals surface area contributed by atoms with Gasteiger partial charge in [0.25, 0.3) is 0 Å². The average Bonchev–Trinajstić information content (AvgIpc) is 2.42. The lowest BCUT2D eigenvalue weighted by molar-refractivity contribution is 0.0696. The number of hydrogen-bond donors (Lipinski definition) is 1. The topological polar surface area (TPSA) is 37.3 Å². The van der Waals surface area contributed by atoms with Crippen molar-refractivity contribution < 1.29 is 9.90 Å². The second-order valence-electron chi connectivity index (χ2n) is 4.70. The first-order valence-electron chi connectivity index (χ1n) is 6.59. The highest BCUT2D eigenvalue weighted by Crippen LogP contribution is 2.18. The molecule has 0 aliphatic rings. The van der Waals surface area contributed by atoms with Crippen LogP contribution in [0.25, 0.3) is 0 Å². The molecule has 0 radical (unpaired) electrons. The Morgan fingerprint density at radius 1 is 1.05 bits per heavy atom. The molecule has 0 fully saturated rings. The smallest absolute Gasteiger partial charge is 0.335 e. The zero-order valence-electron chi connectivity index (χ0n) is 11.1.